The lowest BCUT2D eigenvalue weighted by Crippen LogP contribution is -2.37. The molecule has 0 radical (unpaired) electrons. The van der Waals surface area contributed by atoms with Crippen molar-refractivity contribution >= 4 is 55.0 Å². The molecule has 10 heteroatoms. The second-order valence-corrected chi connectivity index (χ2v) is 10.5. The zero-order valence-electron chi connectivity index (χ0n) is 20.1. The maximum atomic E-state index is 13.6. The normalized spacial score (nSPS) is 14.4. The van der Waals surface area contributed by atoms with Gasteiger partial charge in [-0.2, -0.15) is 0 Å². The van der Waals surface area contributed by atoms with Gasteiger partial charge in [0, 0.05) is 48.0 Å². The zero-order valence-corrected chi connectivity index (χ0v) is 21.7. The summed E-state index contributed by atoms with van der Waals surface area (Å²) in [6.45, 7) is 4.76. The van der Waals surface area contributed by atoms with Crippen molar-refractivity contribution in [3.63, 3.8) is 0 Å². The van der Waals surface area contributed by atoms with Gasteiger partial charge >= 0.3 is 0 Å². The maximum Gasteiger partial charge on any atom is 0.272 e. The van der Waals surface area contributed by atoms with Crippen molar-refractivity contribution in [2.45, 2.75) is 18.1 Å². The summed E-state index contributed by atoms with van der Waals surface area (Å²) in [6.07, 6.45) is 0.821. The predicted molar refractivity (Wildman–Crippen MR) is 146 cm³/mol. The minimum Gasteiger partial charge on any atom is -0.497 e. The van der Waals surface area contributed by atoms with Crippen molar-refractivity contribution in [3.8, 4) is 5.75 Å². The van der Waals surface area contributed by atoms with E-state index in [1.807, 2.05) is 42.5 Å². The Kier molecular flexibility index (Phi) is 7.86. The molecule has 0 bridgehead atoms. The molecule has 8 nitrogen and oxygen atoms in total. The van der Waals surface area contributed by atoms with Gasteiger partial charge in [-0.25, -0.2) is 4.98 Å². The van der Waals surface area contributed by atoms with Crippen molar-refractivity contribution < 1.29 is 14.3 Å². The number of morpholine rings is 1. The molecule has 0 atom stereocenters. The smallest absolute Gasteiger partial charge is 0.272 e. The highest BCUT2D eigenvalue weighted by Crippen LogP contribution is 2.32. The van der Waals surface area contributed by atoms with Crippen LogP contribution in [0.4, 0.5) is 5.69 Å². The van der Waals surface area contributed by atoms with Crippen LogP contribution in [0.2, 0.25) is 0 Å². The number of rotatable bonds is 9. The van der Waals surface area contributed by atoms with Gasteiger partial charge in [0.05, 0.1) is 31.6 Å². The number of thiophene rings is 1. The summed E-state index contributed by atoms with van der Waals surface area (Å²) >= 11 is 2.77. The molecule has 4 aromatic rings. The number of thioether (sulfide) groups is 1. The van der Waals surface area contributed by atoms with Crippen LogP contribution >= 0.6 is 23.1 Å². The first kappa shape index (κ1) is 24.8. The van der Waals surface area contributed by atoms with Crippen LogP contribution in [0, 0.1) is 0 Å². The lowest BCUT2D eigenvalue weighted by atomic mass is 10.2. The zero-order chi connectivity index (χ0) is 24.9. The number of hydrogen-bond donors (Lipinski definition) is 1. The molecule has 5 rings (SSSR count). The second kappa shape index (κ2) is 11.4. The summed E-state index contributed by atoms with van der Waals surface area (Å²) in [5.41, 5.74) is 1.33. The molecule has 0 aliphatic carbocycles. The van der Waals surface area contributed by atoms with Gasteiger partial charge in [0.2, 0.25) is 5.91 Å². The lowest BCUT2D eigenvalue weighted by molar-refractivity contribution is -0.113. The molecule has 1 saturated heterocycles. The van der Waals surface area contributed by atoms with Gasteiger partial charge in [0.25, 0.3) is 5.56 Å². The molecular formula is C26H28N4O4S2. The van der Waals surface area contributed by atoms with Crippen LogP contribution in [0.3, 0.4) is 0 Å². The third-order valence-electron chi connectivity index (χ3n) is 6.09. The molecule has 1 fully saturated rings. The predicted octanol–water partition coefficient (Wildman–Crippen LogP) is 4.07. The number of ether oxygens (including phenoxy) is 2. The van der Waals surface area contributed by atoms with E-state index < -0.39 is 0 Å². The molecule has 2 aromatic carbocycles. The molecule has 2 aromatic heterocycles. The molecule has 188 valence electrons. The van der Waals surface area contributed by atoms with E-state index in [-0.39, 0.29) is 17.2 Å². The van der Waals surface area contributed by atoms with Gasteiger partial charge in [-0.1, -0.05) is 36.0 Å². The van der Waals surface area contributed by atoms with Gasteiger partial charge in [0.1, 0.15) is 10.4 Å². The lowest BCUT2D eigenvalue weighted by Gasteiger charge is -2.26. The summed E-state index contributed by atoms with van der Waals surface area (Å²) in [5, 5.41) is 4.44. The summed E-state index contributed by atoms with van der Waals surface area (Å²) in [4.78, 5) is 33.6. The van der Waals surface area contributed by atoms with Gasteiger partial charge in [-0.15, -0.1) is 11.3 Å². The fourth-order valence-electron chi connectivity index (χ4n) is 4.27. The van der Waals surface area contributed by atoms with Crippen LogP contribution in [-0.2, 0) is 16.1 Å². The second-order valence-electron chi connectivity index (χ2n) is 8.50. The van der Waals surface area contributed by atoms with E-state index in [0.29, 0.717) is 33.4 Å². The Balaban J connectivity index is 1.38. The summed E-state index contributed by atoms with van der Waals surface area (Å²) < 4.78 is 14.1. The van der Waals surface area contributed by atoms with Crippen LogP contribution in [0.25, 0.3) is 20.3 Å². The molecule has 0 unspecified atom stereocenters. The number of benzene rings is 2. The molecule has 0 spiro atoms. The molecule has 0 saturated carbocycles. The van der Waals surface area contributed by atoms with E-state index in [1.165, 1.54) is 23.1 Å². The van der Waals surface area contributed by atoms with Crippen molar-refractivity contribution in [2.75, 3.05) is 51.0 Å². The Morgan fingerprint density at radius 3 is 2.83 bits per heavy atom. The Morgan fingerprint density at radius 1 is 1.17 bits per heavy atom. The standard InChI is InChI=1S/C26H28N4O4S2/c1-33-19-7-4-6-18(16-19)27-22(31)17-35-26-28-23-20-8-2-3-9-21(20)36-24(23)25(32)30(26)11-5-10-29-12-14-34-15-13-29/h2-4,6-9,16H,5,10-15,17H2,1H3,(H,27,31). The van der Waals surface area contributed by atoms with Gasteiger partial charge in [-0.3, -0.25) is 19.1 Å². The van der Waals surface area contributed by atoms with E-state index in [0.717, 1.165) is 49.4 Å². The van der Waals surface area contributed by atoms with Crippen molar-refractivity contribution in [1.29, 1.82) is 0 Å². The van der Waals surface area contributed by atoms with E-state index in [1.54, 1.807) is 17.7 Å². The number of fused-ring (bicyclic) bond motifs is 3. The van der Waals surface area contributed by atoms with Crippen LogP contribution in [0.5, 0.6) is 5.75 Å². The Bertz CT molecular complexity index is 1430. The SMILES string of the molecule is COc1cccc(NC(=O)CSc2nc3c(sc4ccccc43)c(=O)n2CCCN2CCOCC2)c1. The highest BCUT2D eigenvalue weighted by Gasteiger charge is 2.18. The van der Waals surface area contributed by atoms with Gasteiger partial charge in [-0.05, 0) is 24.6 Å². The first-order valence-corrected chi connectivity index (χ1v) is 13.7. The van der Waals surface area contributed by atoms with E-state index in [2.05, 4.69) is 10.2 Å². The quantitative estimate of drug-likeness (QED) is 0.261. The highest BCUT2D eigenvalue weighted by atomic mass is 32.2. The number of anilines is 1. The van der Waals surface area contributed by atoms with Crippen molar-refractivity contribution in [2.24, 2.45) is 0 Å². The van der Waals surface area contributed by atoms with Crippen LogP contribution in [-0.4, -0.2) is 66.1 Å². The monoisotopic (exact) mass is 524 g/mol. The molecule has 1 amide bonds. The third-order valence-corrected chi connectivity index (χ3v) is 8.22. The number of aromatic nitrogens is 2. The van der Waals surface area contributed by atoms with E-state index in [9.17, 15) is 9.59 Å². The number of hydrogen-bond acceptors (Lipinski definition) is 8. The maximum absolute atomic E-state index is 13.6. The number of carbonyl (C=O) groups excluding carboxylic acids is 1. The number of amides is 1. The first-order valence-electron chi connectivity index (χ1n) is 11.9. The minimum absolute atomic E-state index is 0.0427. The van der Waals surface area contributed by atoms with Gasteiger partial charge in [0.15, 0.2) is 5.16 Å². The summed E-state index contributed by atoms with van der Waals surface area (Å²) in [7, 11) is 1.59. The Labute approximate surface area is 217 Å². The minimum atomic E-state index is -0.169. The average Bonchev–Trinajstić information content (AvgIpc) is 3.28. The third kappa shape index (κ3) is 5.57. The molecule has 1 aliphatic rings. The average molecular weight is 525 g/mol. The number of carbonyl (C=O) groups is 1. The summed E-state index contributed by atoms with van der Waals surface area (Å²) in [5.74, 6) is 0.643. The molecule has 1 N–H and O–H groups in total. The topological polar surface area (TPSA) is 85.7 Å². The number of nitrogens with zero attached hydrogens (tertiary/aromatic N) is 3. The largest absolute Gasteiger partial charge is 0.497 e. The molecular weight excluding hydrogens is 496 g/mol. The molecule has 3 heterocycles. The van der Waals surface area contributed by atoms with Crippen LogP contribution in [0.1, 0.15) is 6.42 Å². The van der Waals surface area contributed by atoms with Crippen molar-refractivity contribution in [3.05, 3.63) is 58.9 Å². The summed E-state index contributed by atoms with van der Waals surface area (Å²) in [6, 6.07) is 15.2. The fraction of sp³-hybridized carbons (Fsp3) is 0.346. The van der Waals surface area contributed by atoms with Crippen LogP contribution in [0.15, 0.2) is 58.5 Å². The highest BCUT2D eigenvalue weighted by molar-refractivity contribution is 7.99. The first-order chi connectivity index (χ1) is 17.6. The van der Waals surface area contributed by atoms with E-state index in [4.69, 9.17) is 14.5 Å². The number of methoxy groups -OCH3 is 1. The van der Waals surface area contributed by atoms with Crippen molar-refractivity contribution in [1.82, 2.24) is 14.5 Å². The molecule has 1 aliphatic heterocycles. The Hall–Kier alpha value is -2.92. The van der Waals surface area contributed by atoms with E-state index >= 15 is 0 Å². The van der Waals surface area contributed by atoms with Crippen LogP contribution < -0.4 is 15.6 Å². The number of nitrogens with one attached hydrogen (secondary N) is 1. The fourth-order valence-corrected chi connectivity index (χ4v) is 6.18. The Morgan fingerprint density at radius 2 is 2.00 bits per heavy atom. The van der Waals surface area contributed by atoms with Gasteiger partial charge < -0.3 is 14.8 Å². The molecule has 36 heavy (non-hydrogen) atoms.